The third-order valence-corrected chi connectivity index (χ3v) is 4.47. The van der Waals surface area contributed by atoms with Crippen molar-refractivity contribution >= 4 is 23.4 Å². The molecule has 3 rings (SSSR count). The zero-order chi connectivity index (χ0) is 24.3. The van der Waals surface area contributed by atoms with Crippen LogP contribution in [-0.4, -0.2) is 43.0 Å². The number of methoxy groups -OCH3 is 1. The van der Waals surface area contributed by atoms with Gasteiger partial charge in [-0.05, 0) is 61.5 Å². The highest BCUT2D eigenvalue weighted by molar-refractivity contribution is 5.99. The average molecular weight is 464 g/mol. The van der Waals surface area contributed by atoms with E-state index in [2.05, 4.69) is 21.2 Å². The molecule has 0 aliphatic rings. The minimum absolute atomic E-state index is 0.220. The van der Waals surface area contributed by atoms with Gasteiger partial charge in [0.05, 0.1) is 13.7 Å². The SMILES string of the molecule is CCOc1ccc(NC(=O)COc2ccc(C(=O)NNC(=O)c3ccncc3)cc2OC)cc1. The van der Waals surface area contributed by atoms with Gasteiger partial charge in [-0.3, -0.25) is 30.2 Å². The molecule has 10 heteroatoms. The van der Waals surface area contributed by atoms with Crippen molar-refractivity contribution in [2.24, 2.45) is 0 Å². The maximum absolute atomic E-state index is 12.4. The van der Waals surface area contributed by atoms with E-state index in [1.54, 1.807) is 24.3 Å². The number of pyridine rings is 1. The summed E-state index contributed by atoms with van der Waals surface area (Å²) in [4.78, 5) is 40.5. The largest absolute Gasteiger partial charge is 0.494 e. The first-order chi connectivity index (χ1) is 16.5. The highest BCUT2D eigenvalue weighted by atomic mass is 16.5. The normalized spacial score (nSPS) is 10.1. The number of hydrazine groups is 1. The van der Waals surface area contributed by atoms with Crippen molar-refractivity contribution in [2.75, 3.05) is 25.6 Å². The molecular formula is C24H24N4O6. The number of amides is 3. The van der Waals surface area contributed by atoms with E-state index < -0.39 is 11.8 Å². The van der Waals surface area contributed by atoms with E-state index in [1.165, 1.54) is 49.8 Å². The lowest BCUT2D eigenvalue weighted by atomic mass is 10.2. The Bertz CT molecular complexity index is 1140. The second-order valence-corrected chi connectivity index (χ2v) is 6.80. The Morgan fingerprint density at radius 3 is 2.15 bits per heavy atom. The van der Waals surface area contributed by atoms with Gasteiger partial charge in [0.1, 0.15) is 5.75 Å². The number of rotatable bonds is 9. The summed E-state index contributed by atoms with van der Waals surface area (Å²) >= 11 is 0. The molecule has 0 saturated heterocycles. The van der Waals surface area contributed by atoms with Crippen molar-refractivity contribution in [3.8, 4) is 17.2 Å². The molecule has 1 heterocycles. The molecule has 0 bridgehead atoms. The van der Waals surface area contributed by atoms with Crippen LogP contribution < -0.4 is 30.4 Å². The van der Waals surface area contributed by atoms with E-state index in [4.69, 9.17) is 14.2 Å². The number of carbonyl (C=O) groups excluding carboxylic acids is 3. The predicted octanol–water partition coefficient (Wildman–Crippen LogP) is 2.58. The van der Waals surface area contributed by atoms with Crippen LogP contribution in [0.2, 0.25) is 0 Å². The number of benzene rings is 2. The quantitative estimate of drug-likeness (QED) is 0.415. The third kappa shape index (κ3) is 6.70. The van der Waals surface area contributed by atoms with Crippen LogP contribution in [0.15, 0.2) is 67.0 Å². The van der Waals surface area contributed by atoms with Crippen LogP contribution in [0.4, 0.5) is 5.69 Å². The Hall–Kier alpha value is -4.60. The Balaban J connectivity index is 1.54. The number of ether oxygens (including phenoxy) is 3. The van der Waals surface area contributed by atoms with Gasteiger partial charge in [0.2, 0.25) is 0 Å². The summed E-state index contributed by atoms with van der Waals surface area (Å²) < 4.78 is 16.2. The highest BCUT2D eigenvalue weighted by Crippen LogP contribution is 2.28. The van der Waals surface area contributed by atoms with Crippen molar-refractivity contribution in [1.29, 1.82) is 0 Å². The smallest absolute Gasteiger partial charge is 0.269 e. The topological polar surface area (TPSA) is 128 Å². The fraction of sp³-hybridized carbons (Fsp3) is 0.167. The molecule has 0 aliphatic heterocycles. The van der Waals surface area contributed by atoms with Crippen LogP contribution in [-0.2, 0) is 4.79 Å². The van der Waals surface area contributed by atoms with Gasteiger partial charge in [-0.25, -0.2) is 0 Å². The standard InChI is InChI=1S/C24H24N4O6/c1-3-33-19-7-5-18(6-8-19)26-22(29)15-34-20-9-4-17(14-21(20)32-2)24(31)28-27-23(30)16-10-12-25-13-11-16/h4-14H,3,15H2,1-2H3,(H,26,29)(H,27,30)(H,28,31). The summed E-state index contributed by atoms with van der Waals surface area (Å²) in [7, 11) is 1.41. The average Bonchev–Trinajstić information content (AvgIpc) is 2.87. The predicted molar refractivity (Wildman–Crippen MR) is 124 cm³/mol. The number of hydrogen-bond acceptors (Lipinski definition) is 7. The van der Waals surface area contributed by atoms with Crippen molar-refractivity contribution in [1.82, 2.24) is 15.8 Å². The third-order valence-electron chi connectivity index (χ3n) is 4.47. The summed E-state index contributed by atoms with van der Waals surface area (Å²) in [5.41, 5.74) is 5.82. The molecule has 176 valence electrons. The highest BCUT2D eigenvalue weighted by Gasteiger charge is 2.14. The first kappa shape index (κ1) is 24.1. The van der Waals surface area contributed by atoms with Gasteiger partial charge < -0.3 is 19.5 Å². The summed E-state index contributed by atoms with van der Waals surface area (Å²) in [6.07, 6.45) is 2.94. The number of aromatic nitrogens is 1. The zero-order valence-corrected chi connectivity index (χ0v) is 18.7. The lowest BCUT2D eigenvalue weighted by Crippen LogP contribution is -2.41. The number of nitrogens with one attached hydrogen (secondary N) is 3. The van der Waals surface area contributed by atoms with Gasteiger partial charge in [-0.2, -0.15) is 0 Å². The molecule has 2 aromatic carbocycles. The van der Waals surface area contributed by atoms with Crippen molar-refractivity contribution in [2.45, 2.75) is 6.92 Å². The van der Waals surface area contributed by atoms with E-state index in [-0.39, 0.29) is 29.6 Å². The monoisotopic (exact) mass is 464 g/mol. The van der Waals surface area contributed by atoms with E-state index in [1.807, 2.05) is 6.92 Å². The molecule has 1 aromatic heterocycles. The second kappa shape index (κ2) is 11.9. The lowest BCUT2D eigenvalue weighted by Gasteiger charge is -2.13. The fourth-order valence-electron chi connectivity index (χ4n) is 2.83. The van der Waals surface area contributed by atoms with Gasteiger partial charge in [0.25, 0.3) is 17.7 Å². The first-order valence-electron chi connectivity index (χ1n) is 10.3. The van der Waals surface area contributed by atoms with Crippen LogP contribution in [0.25, 0.3) is 0 Å². The molecular weight excluding hydrogens is 440 g/mol. The summed E-state index contributed by atoms with van der Waals surface area (Å²) in [6, 6.07) is 14.4. The number of anilines is 1. The Morgan fingerprint density at radius 1 is 0.824 bits per heavy atom. The molecule has 34 heavy (non-hydrogen) atoms. The van der Waals surface area contributed by atoms with Crippen LogP contribution in [0.1, 0.15) is 27.6 Å². The molecule has 0 atom stereocenters. The second-order valence-electron chi connectivity index (χ2n) is 6.80. The van der Waals surface area contributed by atoms with E-state index in [0.29, 0.717) is 23.6 Å². The lowest BCUT2D eigenvalue weighted by molar-refractivity contribution is -0.118. The van der Waals surface area contributed by atoms with E-state index in [9.17, 15) is 14.4 Å². The molecule has 3 amide bonds. The van der Waals surface area contributed by atoms with Crippen molar-refractivity contribution in [3.05, 3.63) is 78.1 Å². The molecule has 0 aliphatic carbocycles. The van der Waals surface area contributed by atoms with Crippen LogP contribution in [0, 0.1) is 0 Å². The van der Waals surface area contributed by atoms with Gasteiger partial charge in [-0.15, -0.1) is 0 Å². The number of carbonyl (C=O) groups is 3. The van der Waals surface area contributed by atoms with Gasteiger partial charge in [0, 0.05) is 29.2 Å². The molecule has 10 nitrogen and oxygen atoms in total. The fourth-order valence-corrected chi connectivity index (χ4v) is 2.83. The molecule has 0 saturated carbocycles. The summed E-state index contributed by atoms with van der Waals surface area (Å²) in [5.74, 6) is -0.167. The molecule has 3 aromatic rings. The van der Waals surface area contributed by atoms with E-state index in [0.717, 1.165) is 0 Å². The minimum atomic E-state index is -0.555. The maximum atomic E-state index is 12.4. The van der Waals surface area contributed by atoms with Gasteiger partial charge >= 0.3 is 0 Å². The van der Waals surface area contributed by atoms with Gasteiger partial charge in [-0.1, -0.05) is 0 Å². The molecule has 0 fully saturated rings. The summed E-state index contributed by atoms with van der Waals surface area (Å²) in [5, 5.41) is 2.72. The van der Waals surface area contributed by atoms with Crippen molar-refractivity contribution in [3.63, 3.8) is 0 Å². The molecule has 0 unspecified atom stereocenters. The Labute approximate surface area is 196 Å². The number of hydrogen-bond donors (Lipinski definition) is 3. The van der Waals surface area contributed by atoms with E-state index >= 15 is 0 Å². The van der Waals surface area contributed by atoms with Crippen LogP contribution in [0.3, 0.4) is 0 Å². The number of nitrogens with zero attached hydrogens (tertiary/aromatic N) is 1. The maximum Gasteiger partial charge on any atom is 0.269 e. The Kier molecular flexibility index (Phi) is 8.39. The van der Waals surface area contributed by atoms with Crippen LogP contribution >= 0.6 is 0 Å². The Morgan fingerprint density at radius 2 is 1.50 bits per heavy atom. The zero-order valence-electron chi connectivity index (χ0n) is 18.7. The minimum Gasteiger partial charge on any atom is -0.494 e. The molecule has 3 N–H and O–H groups in total. The summed E-state index contributed by atoms with van der Waals surface area (Å²) in [6.45, 7) is 2.18. The van der Waals surface area contributed by atoms with Crippen molar-refractivity contribution < 1.29 is 28.6 Å². The van der Waals surface area contributed by atoms with Gasteiger partial charge in [0.15, 0.2) is 18.1 Å². The molecule has 0 radical (unpaired) electrons. The molecule has 0 spiro atoms. The first-order valence-corrected chi connectivity index (χ1v) is 10.3. The van der Waals surface area contributed by atoms with Crippen LogP contribution in [0.5, 0.6) is 17.2 Å².